The van der Waals surface area contributed by atoms with Crippen molar-refractivity contribution in [2.75, 3.05) is 16.2 Å². The maximum atomic E-state index is 12.6. The topological polar surface area (TPSA) is 71.5 Å². The van der Waals surface area contributed by atoms with Crippen LogP contribution in [0.5, 0.6) is 0 Å². The Labute approximate surface area is 122 Å². The van der Waals surface area contributed by atoms with E-state index in [2.05, 4.69) is 15.9 Å². The van der Waals surface area contributed by atoms with Crippen molar-refractivity contribution in [2.45, 2.75) is 6.18 Å². The van der Waals surface area contributed by atoms with Gasteiger partial charge in [0.2, 0.25) is 20.0 Å². The fourth-order valence-electron chi connectivity index (χ4n) is 1.43. The van der Waals surface area contributed by atoms with Crippen molar-refractivity contribution in [1.82, 2.24) is 0 Å². The molecule has 0 saturated heterocycles. The van der Waals surface area contributed by atoms with Gasteiger partial charge in [-0.25, -0.2) is 16.8 Å². The van der Waals surface area contributed by atoms with Crippen LogP contribution in [0.1, 0.15) is 5.56 Å². The van der Waals surface area contributed by atoms with Gasteiger partial charge in [0.05, 0.1) is 23.8 Å². The van der Waals surface area contributed by atoms with Gasteiger partial charge >= 0.3 is 6.18 Å². The van der Waals surface area contributed by atoms with E-state index in [1.807, 2.05) is 0 Å². The molecular weight excluding hydrogens is 387 g/mol. The molecule has 0 bridgehead atoms. The summed E-state index contributed by atoms with van der Waals surface area (Å²) in [4.78, 5) is 0. The molecule has 0 fully saturated rings. The van der Waals surface area contributed by atoms with E-state index in [4.69, 9.17) is 0 Å². The summed E-state index contributed by atoms with van der Waals surface area (Å²) in [5.74, 6) is 0. The first-order valence-corrected chi connectivity index (χ1v) is 9.31. The zero-order valence-electron chi connectivity index (χ0n) is 10.1. The lowest BCUT2D eigenvalue weighted by atomic mass is 10.2. The van der Waals surface area contributed by atoms with E-state index >= 15 is 0 Å². The molecular formula is C9H9BrF3NO4S2. The van der Waals surface area contributed by atoms with Crippen molar-refractivity contribution in [2.24, 2.45) is 0 Å². The SMILES string of the molecule is CS(=O)(=O)N(c1cc(C(F)(F)F)ccc1Br)S(C)(=O)=O. The van der Waals surface area contributed by atoms with Crippen molar-refractivity contribution in [3.63, 3.8) is 0 Å². The summed E-state index contributed by atoms with van der Waals surface area (Å²) in [6.45, 7) is 0. The summed E-state index contributed by atoms with van der Waals surface area (Å²) in [6.07, 6.45) is -3.56. The van der Waals surface area contributed by atoms with Crippen LogP contribution >= 0.6 is 15.9 Å². The zero-order valence-corrected chi connectivity index (χ0v) is 13.4. The lowest BCUT2D eigenvalue weighted by Gasteiger charge is -2.22. The van der Waals surface area contributed by atoms with Gasteiger partial charge in [-0.15, -0.1) is 0 Å². The highest BCUT2D eigenvalue weighted by Gasteiger charge is 2.34. The third-order valence-electron chi connectivity index (χ3n) is 2.07. The van der Waals surface area contributed by atoms with Crippen LogP contribution in [-0.4, -0.2) is 29.3 Å². The van der Waals surface area contributed by atoms with Gasteiger partial charge in [-0.1, -0.05) is 0 Å². The summed E-state index contributed by atoms with van der Waals surface area (Å²) in [6, 6.07) is 2.09. The Morgan fingerprint density at radius 1 is 1.05 bits per heavy atom. The van der Waals surface area contributed by atoms with E-state index in [1.165, 1.54) is 0 Å². The van der Waals surface area contributed by atoms with E-state index < -0.39 is 37.5 Å². The second-order valence-corrected chi connectivity index (χ2v) is 8.63. The summed E-state index contributed by atoms with van der Waals surface area (Å²) in [5, 5.41) is 0. The Morgan fingerprint density at radius 2 is 1.50 bits per heavy atom. The molecule has 114 valence electrons. The molecule has 20 heavy (non-hydrogen) atoms. The van der Waals surface area contributed by atoms with E-state index in [-0.39, 0.29) is 8.18 Å². The van der Waals surface area contributed by atoms with Gasteiger partial charge < -0.3 is 0 Å². The molecule has 0 aliphatic rings. The first kappa shape index (κ1) is 17.2. The molecule has 0 aliphatic carbocycles. The van der Waals surface area contributed by atoms with E-state index in [0.29, 0.717) is 24.6 Å². The van der Waals surface area contributed by atoms with Crippen LogP contribution in [0.25, 0.3) is 0 Å². The Balaban J connectivity index is 3.67. The average molecular weight is 396 g/mol. The normalized spacial score (nSPS) is 13.3. The number of hydrogen-bond acceptors (Lipinski definition) is 4. The van der Waals surface area contributed by atoms with Crippen LogP contribution in [0.15, 0.2) is 22.7 Å². The second kappa shape index (κ2) is 5.19. The van der Waals surface area contributed by atoms with Crippen molar-refractivity contribution in [3.05, 3.63) is 28.2 Å². The Morgan fingerprint density at radius 3 is 1.85 bits per heavy atom. The molecule has 1 aromatic carbocycles. The third kappa shape index (κ3) is 3.85. The molecule has 0 spiro atoms. The summed E-state index contributed by atoms with van der Waals surface area (Å²) in [7, 11) is -8.62. The lowest BCUT2D eigenvalue weighted by Crippen LogP contribution is -2.35. The number of sulfonamides is 2. The van der Waals surface area contributed by atoms with E-state index in [9.17, 15) is 30.0 Å². The van der Waals surface area contributed by atoms with Gasteiger partial charge in [-0.05, 0) is 34.1 Å². The average Bonchev–Trinajstić information content (AvgIpc) is 2.15. The molecule has 1 aromatic rings. The fourth-order valence-corrected chi connectivity index (χ4v) is 5.08. The van der Waals surface area contributed by atoms with Crippen molar-refractivity contribution < 1.29 is 30.0 Å². The Hall–Kier alpha value is -0.810. The summed E-state index contributed by atoms with van der Waals surface area (Å²) < 4.78 is 83.9. The van der Waals surface area contributed by atoms with Crippen LogP contribution in [0.2, 0.25) is 0 Å². The van der Waals surface area contributed by atoms with Crippen LogP contribution in [0.4, 0.5) is 18.9 Å². The number of hydrogen-bond donors (Lipinski definition) is 0. The van der Waals surface area contributed by atoms with Crippen LogP contribution in [0.3, 0.4) is 0 Å². The molecule has 11 heteroatoms. The number of anilines is 1. The highest BCUT2D eigenvalue weighted by Crippen LogP contribution is 2.37. The van der Waals surface area contributed by atoms with Gasteiger partial charge in [0.1, 0.15) is 0 Å². The monoisotopic (exact) mass is 395 g/mol. The molecule has 5 nitrogen and oxygen atoms in total. The molecule has 0 radical (unpaired) electrons. The van der Waals surface area contributed by atoms with Gasteiger partial charge in [-0.2, -0.15) is 16.9 Å². The molecule has 0 unspecified atom stereocenters. The van der Waals surface area contributed by atoms with Crippen LogP contribution < -0.4 is 3.71 Å². The Kier molecular flexibility index (Phi) is 4.47. The lowest BCUT2D eigenvalue weighted by molar-refractivity contribution is -0.137. The minimum absolute atomic E-state index is 0.0562. The molecule has 0 aromatic heterocycles. The molecule has 0 heterocycles. The second-order valence-electron chi connectivity index (χ2n) is 3.89. The molecule has 0 saturated carbocycles. The Bertz CT molecular complexity index is 696. The molecule has 0 aliphatic heterocycles. The first-order valence-electron chi connectivity index (χ1n) is 4.82. The predicted molar refractivity (Wildman–Crippen MR) is 71.3 cm³/mol. The summed E-state index contributed by atoms with van der Waals surface area (Å²) in [5.41, 5.74) is -1.78. The minimum Gasteiger partial charge on any atom is -0.206 e. The molecule has 0 amide bonds. The number of benzene rings is 1. The first-order chi connectivity index (χ1) is 8.74. The number of alkyl halides is 3. The maximum Gasteiger partial charge on any atom is 0.416 e. The predicted octanol–water partition coefficient (Wildman–Crippen LogP) is 2.19. The van der Waals surface area contributed by atoms with E-state index in [0.717, 1.165) is 6.07 Å². The minimum atomic E-state index is -4.73. The van der Waals surface area contributed by atoms with Crippen molar-refractivity contribution in [1.29, 1.82) is 0 Å². The molecule has 0 N–H and O–H groups in total. The van der Waals surface area contributed by atoms with Crippen molar-refractivity contribution in [3.8, 4) is 0 Å². The molecule has 0 atom stereocenters. The quantitative estimate of drug-likeness (QED) is 0.786. The van der Waals surface area contributed by atoms with Gasteiger partial charge in [0.15, 0.2) is 0 Å². The molecule has 1 rings (SSSR count). The number of rotatable bonds is 3. The summed E-state index contributed by atoms with van der Waals surface area (Å²) >= 11 is 2.84. The van der Waals surface area contributed by atoms with Crippen molar-refractivity contribution >= 4 is 41.7 Å². The van der Waals surface area contributed by atoms with Gasteiger partial charge in [0.25, 0.3) is 0 Å². The third-order valence-corrected chi connectivity index (χ3v) is 5.97. The van der Waals surface area contributed by atoms with Crippen LogP contribution in [-0.2, 0) is 26.2 Å². The highest BCUT2D eigenvalue weighted by molar-refractivity contribution is 9.10. The smallest absolute Gasteiger partial charge is 0.206 e. The van der Waals surface area contributed by atoms with Gasteiger partial charge in [0, 0.05) is 4.47 Å². The fraction of sp³-hybridized carbons (Fsp3) is 0.333. The zero-order chi connectivity index (χ0) is 15.9. The number of nitrogens with zero attached hydrogens (tertiary/aromatic N) is 1. The highest BCUT2D eigenvalue weighted by atomic mass is 79.9. The standard InChI is InChI=1S/C9H9BrF3NO4S2/c1-19(15,16)14(20(2,17)18)8-5-6(9(11,12)13)3-4-7(8)10/h3-5H,1-2H3. The number of halogens is 4. The maximum absolute atomic E-state index is 12.6. The van der Waals surface area contributed by atoms with Crippen LogP contribution in [0, 0.1) is 0 Å². The van der Waals surface area contributed by atoms with E-state index in [1.54, 1.807) is 0 Å². The largest absolute Gasteiger partial charge is 0.416 e. The van der Waals surface area contributed by atoms with Gasteiger partial charge in [-0.3, -0.25) is 0 Å².